The van der Waals surface area contributed by atoms with E-state index in [0.29, 0.717) is 24.7 Å². The van der Waals surface area contributed by atoms with Crippen molar-refractivity contribution in [1.29, 1.82) is 0 Å². The van der Waals surface area contributed by atoms with Gasteiger partial charge in [-0.25, -0.2) is 4.79 Å². The predicted octanol–water partition coefficient (Wildman–Crippen LogP) is 1.35. The van der Waals surface area contributed by atoms with Crippen LogP contribution in [-0.2, 0) is 4.79 Å². The number of ether oxygens (including phenoxy) is 2. The molecule has 4 N–H and O–H groups in total. The molecule has 0 saturated heterocycles. The van der Waals surface area contributed by atoms with Crippen LogP contribution in [0.15, 0.2) is 54.6 Å². The number of hydrogen-bond acceptors (Lipinski definition) is 5. The monoisotopic (exact) mass is 341 g/mol. The second-order valence-corrected chi connectivity index (χ2v) is 5.60. The summed E-state index contributed by atoms with van der Waals surface area (Å²) < 4.78 is 11.5. The molecular formula is C18H19N3O4. The number of nitrogens with two attached hydrogens (primary N) is 1. The molecule has 0 fully saturated rings. The summed E-state index contributed by atoms with van der Waals surface area (Å²) in [7, 11) is 0. The molecular weight excluding hydrogens is 322 g/mol. The Bertz CT molecular complexity index is 751. The third-order valence-corrected chi connectivity index (χ3v) is 3.76. The second kappa shape index (κ2) is 7.67. The number of rotatable bonds is 5. The highest BCUT2D eigenvalue weighted by Gasteiger charge is 2.25. The van der Waals surface area contributed by atoms with Crippen molar-refractivity contribution in [1.82, 2.24) is 10.6 Å². The molecule has 0 unspecified atom stereocenters. The standard InChI is InChI=1S/C18H19N3O4/c19-18(23)21-17(22)16(12-6-2-1-3-7-12)20-10-13-11-24-14-8-4-5-9-15(14)25-13/h1-9,13,16,20H,10-11H2,(H3,19,21,22,23)/t13-,16+/m0/s1. The summed E-state index contributed by atoms with van der Waals surface area (Å²) >= 11 is 0. The zero-order chi connectivity index (χ0) is 17.6. The zero-order valence-corrected chi connectivity index (χ0v) is 13.5. The van der Waals surface area contributed by atoms with Crippen LogP contribution in [0.1, 0.15) is 11.6 Å². The fraction of sp³-hybridized carbons (Fsp3) is 0.222. The number of imide groups is 1. The topological polar surface area (TPSA) is 103 Å². The molecule has 1 heterocycles. The number of nitrogens with one attached hydrogen (secondary N) is 2. The molecule has 1 aliphatic rings. The van der Waals surface area contributed by atoms with Gasteiger partial charge in [-0.05, 0) is 17.7 Å². The fourth-order valence-corrected chi connectivity index (χ4v) is 2.61. The van der Waals surface area contributed by atoms with E-state index in [-0.39, 0.29) is 6.10 Å². The van der Waals surface area contributed by atoms with Gasteiger partial charge in [-0.1, -0.05) is 42.5 Å². The Labute approximate surface area is 145 Å². The summed E-state index contributed by atoms with van der Waals surface area (Å²) in [5.41, 5.74) is 5.78. The van der Waals surface area contributed by atoms with Gasteiger partial charge >= 0.3 is 6.03 Å². The van der Waals surface area contributed by atoms with Crippen LogP contribution in [0, 0.1) is 0 Å². The molecule has 130 valence electrons. The van der Waals surface area contributed by atoms with Crippen LogP contribution in [-0.4, -0.2) is 31.2 Å². The van der Waals surface area contributed by atoms with E-state index >= 15 is 0 Å². The lowest BCUT2D eigenvalue weighted by Crippen LogP contribution is -2.46. The molecule has 1 aliphatic heterocycles. The summed E-state index contributed by atoms with van der Waals surface area (Å²) in [5, 5.41) is 5.23. The average Bonchev–Trinajstić information content (AvgIpc) is 2.62. The van der Waals surface area contributed by atoms with Crippen LogP contribution >= 0.6 is 0 Å². The van der Waals surface area contributed by atoms with Gasteiger partial charge in [-0.3, -0.25) is 15.4 Å². The maximum Gasteiger partial charge on any atom is 0.318 e. The molecule has 0 spiro atoms. The lowest BCUT2D eigenvalue weighted by molar-refractivity contribution is -0.122. The summed E-state index contributed by atoms with van der Waals surface area (Å²) in [4.78, 5) is 23.3. The number of carbonyl (C=O) groups excluding carboxylic acids is 2. The molecule has 2 atom stereocenters. The normalized spacial score (nSPS) is 16.7. The number of fused-ring (bicyclic) bond motifs is 1. The van der Waals surface area contributed by atoms with Gasteiger partial charge in [-0.15, -0.1) is 0 Å². The average molecular weight is 341 g/mol. The minimum absolute atomic E-state index is 0.262. The first-order valence-corrected chi connectivity index (χ1v) is 7.90. The predicted molar refractivity (Wildman–Crippen MR) is 91.3 cm³/mol. The SMILES string of the molecule is NC(=O)NC(=O)[C@H](NC[C@H]1COc2ccccc2O1)c1ccccc1. The Morgan fingerprint density at radius 1 is 1.08 bits per heavy atom. The molecule has 7 heteroatoms. The van der Waals surface area contributed by atoms with E-state index in [2.05, 4.69) is 10.6 Å². The van der Waals surface area contributed by atoms with Crippen LogP contribution in [0.4, 0.5) is 4.79 Å². The lowest BCUT2D eigenvalue weighted by Gasteiger charge is -2.28. The minimum atomic E-state index is -0.890. The van der Waals surface area contributed by atoms with Crippen molar-refractivity contribution in [3.05, 3.63) is 60.2 Å². The molecule has 7 nitrogen and oxygen atoms in total. The number of para-hydroxylation sites is 2. The number of hydrogen-bond donors (Lipinski definition) is 3. The second-order valence-electron chi connectivity index (χ2n) is 5.60. The first-order chi connectivity index (χ1) is 12.1. The number of urea groups is 1. The van der Waals surface area contributed by atoms with E-state index < -0.39 is 18.0 Å². The zero-order valence-electron chi connectivity index (χ0n) is 13.5. The highest BCUT2D eigenvalue weighted by molar-refractivity contribution is 5.96. The van der Waals surface area contributed by atoms with E-state index in [0.717, 1.165) is 5.56 Å². The molecule has 3 rings (SSSR count). The van der Waals surface area contributed by atoms with Gasteiger partial charge in [-0.2, -0.15) is 0 Å². The van der Waals surface area contributed by atoms with Gasteiger partial charge < -0.3 is 15.2 Å². The van der Waals surface area contributed by atoms with Crippen LogP contribution < -0.4 is 25.8 Å². The van der Waals surface area contributed by atoms with Crippen molar-refractivity contribution in [2.24, 2.45) is 5.73 Å². The molecule has 0 aliphatic carbocycles. The van der Waals surface area contributed by atoms with E-state index in [1.54, 1.807) is 12.1 Å². The van der Waals surface area contributed by atoms with Crippen molar-refractivity contribution in [3.8, 4) is 11.5 Å². The van der Waals surface area contributed by atoms with Gasteiger partial charge in [0.2, 0.25) is 5.91 Å². The Morgan fingerprint density at radius 3 is 2.48 bits per heavy atom. The maximum atomic E-state index is 12.3. The summed E-state index contributed by atoms with van der Waals surface area (Å²) in [6.07, 6.45) is -0.262. The van der Waals surface area contributed by atoms with Crippen molar-refractivity contribution in [2.45, 2.75) is 12.1 Å². The number of primary amides is 1. The first kappa shape index (κ1) is 16.8. The quantitative estimate of drug-likeness (QED) is 0.762. The molecule has 0 radical (unpaired) electrons. The van der Waals surface area contributed by atoms with Crippen LogP contribution in [0.3, 0.4) is 0 Å². The Balaban J connectivity index is 1.67. The van der Waals surface area contributed by atoms with Gasteiger partial charge in [0, 0.05) is 6.54 Å². The first-order valence-electron chi connectivity index (χ1n) is 7.90. The Kier molecular flexibility index (Phi) is 5.15. The third-order valence-electron chi connectivity index (χ3n) is 3.76. The molecule has 0 aromatic heterocycles. The Hall–Kier alpha value is -3.06. The molecule has 0 saturated carbocycles. The van der Waals surface area contributed by atoms with Gasteiger partial charge in [0.1, 0.15) is 18.8 Å². The number of carbonyl (C=O) groups is 2. The molecule has 3 amide bonds. The molecule has 0 bridgehead atoms. The Morgan fingerprint density at radius 2 is 1.76 bits per heavy atom. The van der Waals surface area contributed by atoms with Crippen LogP contribution in [0.5, 0.6) is 11.5 Å². The van der Waals surface area contributed by atoms with Crippen molar-refractivity contribution >= 4 is 11.9 Å². The highest BCUT2D eigenvalue weighted by Crippen LogP contribution is 2.30. The summed E-state index contributed by atoms with van der Waals surface area (Å²) in [6.45, 7) is 0.725. The van der Waals surface area contributed by atoms with Gasteiger partial charge in [0.25, 0.3) is 0 Å². The molecule has 25 heavy (non-hydrogen) atoms. The van der Waals surface area contributed by atoms with E-state index in [1.807, 2.05) is 42.5 Å². The van der Waals surface area contributed by atoms with Gasteiger partial charge in [0.05, 0.1) is 0 Å². The molecule has 2 aromatic carbocycles. The largest absolute Gasteiger partial charge is 0.486 e. The lowest BCUT2D eigenvalue weighted by atomic mass is 10.1. The van der Waals surface area contributed by atoms with Crippen LogP contribution in [0.25, 0.3) is 0 Å². The smallest absolute Gasteiger partial charge is 0.318 e. The number of amides is 3. The minimum Gasteiger partial charge on any atom is -0.486 e. The summed E-state index contributed by atoms with van der Waals surface area (Å²) in [6, 6.07) is 14.9. The van der Waals surface area contributed by atoms with E-state index in [4.69, 9.17) is 15.2 Å². The fourth-order valence-electron chi connectivity index (χ4n) is 2.61. The summed E-state index contributed by atoms with van der Waals surface area (Å²) in [5.74, 6) is 0.846. The molecule has 2 aromatic rings. The van der Waals surface area contributed by atoms with Gasteiger partial charge in [0.15, 0.2) is 11.5 Å². The highest BCUT2D eigenvalue weighted by atomic mass is 16.6. The van der Waals surface area contributed by atoms with Crippen molar-refractivity contribution in [3.63, 3.8) is 0 Å². The number of benzene rings is 2. The van der Waals surface area contributed by atoms with Crippen LogP contribution in [0.2, 0.25) is 0 Å². The van der Waals surface area contributed by atoms with Crippen molar-refractivity contribution in [2.75, 3.05) is 13.2 Å². The third kappa shape index (κ3) is 4.27. The maximum absolute atomic E-state index is 12.3. The van der Waals surface area contributed by atoms with E-state index in [1.165, 1.54) is 0 Å². The van der Waals surface area contributed by atoms with E-state index in [9.17, 15) is 9.59 Å². The van der Waals surface area contributed by atoms with Crippen molar-refractivity contribution < 1.29 is 19.1 Å².